The predicted molar refractivity (Wildman–Crippen MR) is 73.8 cm³/mol. The fourth-order valence-corrected chi connectivity index (χ4v) is 1.70. The number of rotatable bonds is 5. The molecule has 0 heterocycles. The number of nitrogens with two attached hydrogens (primary N) is 1. The Balaban J connectivity index is 3.07. The second-order valence-electron chi connectivity index (χ2n) is 4.33. The highest BCUT2D eigenvalue weighted by Gasteiger charge is 2.18. The number of ether oxygens (including phenoxy) is 1. The molecule has 0 aliphatic carbocycles. The van der Waals surface area contributed by atoms with Gasteiger partial charge < -0.3 is 15.4 Å². The van der Waals surface area contributed by atoms with Crippen LogP contribution in [0.5, 0.6) is 5.75 Å². The Kier molecular flexibility index (Phi) is 4.77. The highest BCUT2D eigenvalue weighted by Crippen LogP contribution is 2.20. The first-order valence-corrected chi connectivity index (χ1v) is 5.86. The molecule has 18 heavy (non-hydrogen) atoms. The summed E-state index contributed by atoms with van der Waals surface area (Å²) in [5.41, 5.74) is 6.80. The molecule has 0 saturated heterocycles. The molecule has 2 N–H and O–H groups in total. The monoisotopic (exact) mass is 248 g/mol. The summed E-state index contributed by atoms with van der Waals surface area (Å²) >= 11 is 0. The SMILES string of the molecule is C=CCN(C(=O)c1cc(N)cc(OC)c1)C(C)C. The minimum Gasteiger partial charge on any atom is -0.497 e. The van der Waals surface area contributed by atoms with E-state index < -0.39 is 0 Å². The Morgan fingerprint density at radius 2 is 2.17 bits per heavy atom. The number of nitrogens with zero attached hydrogens (tertiary/aromatic N) is 1. The van der Waals surface area contributed by atoms with Gasteiger partial charge in [0.25, 0.3) is 5.91 Å². The van der Waals surface area contributed by atoms with Crippen LogP contribution in [-0.4, -0.2) is 30.5 Å². The zero-order valence-electron chi connectivity index (χ0n) is 11.1. The molecule has 1 aromatic carbocycles. The van der Waals surface area contributed by atoms with E-state index in [1.165, 1.54) is 0 Å². The summed E-state index contributed by atoms with van der Waals surface area (Å²) in [6, 6.07) is 5.13. The van der Waals surface area contributed by atoms with Crippen LogP contribution in [0.15, 0.2) is 30.9 Å². The average Bonchev–Trinajstić information content (AvgIpc) is 2.33. The van der Waals surface area contributed by atoms with Crippen LogP contribution < -0.4 is 10.5 Å². The lowest BCUT2D eigenvalue weighted by Gasteiger charge is -2.25. The molecule has 1 aromatic rings. The lowest BCUT2D eigenvalue weighted by molar-refractivity contribution is 0.0728. The summed E-state index contributed by atoms with van der Waals surface area (Å²) in [5.74, 6) is 0.510. The van der Waals surface area contributed by atoms with Gasteiger partial charge in [-0.15, -0.1) is 6.58 Å². The number of methoxy groups -OCH3 is 1. The molecular weight excluding hydrogens is 228 g/mol. The lowest BCUT2D eigenvalue weighted by Crippen LogP contribution is -2.37. The molecule has 4 nitrogen and oxygen atoms in total. The lowest BCUT2D eigenvalue weighted by atomic mass is 10.1. The van der Waals surface area contributed by atoms with Crippen LogP contribution in [-0.2, 0) is 0 Å². The van der Waals surface area contributed by atoms with Crippen molar-refractivity contribution < 1.29 is 9.53 Å². The molecule has 1 amide bonds. The summed E-state index contributed by atoms with van der Waals surface area (Å²) in [5, 5.41) is 0. The summed E-state index contributed by atoms with van der Waals surface area (Å²) in [7, 11) is 1.55. The first-order chi connectivity index (χ1) is 8.49. The summed E-state index contributed by atoms with van der Waals surface area (Å²) in [6.45, 7) is 8.10. The zero-order valence-corrected chi connectivity index (χ0v) is 11.1. The average molecular weight is 248 g/mol. The Hall–Kier alpha value is -1.97. The second-order valence-corrected chi connectivity index (χ2v) is 4.33. The predicted octanol–water partition coefficient (Wildman–Crippen LogP) is 2.31. The Morgan fingerprint density at radius 3 is 2.67 bits per heavy atom. The van der Waals surface area contributed by atoms with E-state index in [1.807, 2.05) is 13.8 Å². The van der Waals surface area contributed by atoms with E-state index in [0.29, 0.717) is 23.5 Å². The number of amides is 1. The molecule has 98 valence electrons. The highest BCUT2D eigenvalue weighted by atomic mass is 16.5. The maximum atomic E-state index is 12.4. The van der Waals surface area contributed by atoms with E-state index in [4.69, 9.17) is 10.5 Å². The largest absolute Gasteiger partial charge is 0.497 e. The number of anilines is 1. The topological polar surface area (TPSA) is 55.6 Å². The fraction of sp³-hybridized carbons (Fsp3) is 0.357. The first-order valence-electron chi connectivity index (χ1n) is 5.86. The van der Waals surface area contributed by atoms with Crippen LogP contribution in [0.3, 0.4) is 0 Å². The van der Waals surface area contributed by atoms with Gasteiger partial charge in [-0.3, -0.25) is 4.79 Å². The normalized spacial score (nSPS) is 10.2. The molecule has 0 aromatic heterocycles. The molecule has 0 spiro atoms. The van der Waals surface area contributed by atoms with Crippen molar-refractivity contribution in [3.05, 3.63) is 36.4 Å². The van der Waals surface area contributed by atoms with E-state index >= 15 is 0 Å². The minimum atomic E-state index is -0.0736. The molecule has 0 unspecified atom stereocenters. The molecule has 0 fully saturated rings. The van der Waals surface area contributed by atoms with Gasteiger partial charge in [0, 0.05) is 29.9 Å². The van der Waals surface area contributed by atoms with E-state index in [1.54, 1.807) is 36.3 Å². The van der Waals surface area contributed by atoms with Crippen molar-refractivity contribution >= 4 is 11.6 Å². The molecule has 0 aliphatic rings. The molecule has 0 radical (unpaired) electrons. The van der Waals surface area contributed by atoms with Crippen molar-refractivity contribution in [2.45, 2.75) is 19.9 Å². The van der Waals surface area contributed by atoms with E-state index in [-0.39, 0.29) is 11.9 Å². The van der Waals surface area contributed by atoms with E-state index in [0.717, 1.165) is 0 Å². The van der Waals surface area contributed by atoms with Gasteiger partial charge in [0.15, 0.2) is 0 Å². The van der Waals surface area contributed by atoms with E-state index in [9.17, 15) is 4.79 Å². The number of carbonyl (C=O) groups is 1. The smallest absolute Gasteiger partial charge is 0.254 e. The number of hydrogen-bond acceptors (Lipinski definition) is 3. The third kappa shape index (κ3) is 3.26. The first kappa shape index (κ1) is 14.1. The van der Waals surface area contributed by atoms with E-state index in [2.05, 4.69) is 6.58 Å². The van der Waals surface area contributed by atoms with Crippen LogP contribution in [0.25, 0.3) is 0 Å². The maximum absolute atomic E-state index is 12.4. The van der Waals surface area contributed by atoms with Gasteiger partial charge >= 0.3 is 0 Å². The van der Waals surface area contributed by atoms with Gasteiger partial charge in [-0.05, 0) is 26.0 Å². The molecule has 0 aliphatic heterocycles. The third-order valence-corrected chi connectivity index (χ3v) is 2.62. The van der Waals surface area contributed by atoms with Gasteiger partial charge in [-0.2, -0.15) is 0 Å². The summed E-state index contributed by atoms with van der Waals surface area (Å²) in [6.07, 6.45) is 1.71. The van der Waals surface area contributed by atoms with Crippen molar-refractivity contribution in [2.24, 2.45) is 0 Å². The van der Waals surface area contributed by atoms with Gasteiger partial charge in [0.1, 0.15) is 5.75 Å². The Bertz CT molecular complexity index is 441. The van der Waals surface area contributed by atoms with Crippen molar-refractivity contribution in [3.63, 3.8) is 0 Å². The quantitative estimate of drug-likeness (QED) is 0.642. The standard InChI is InChI=1S/C14H20N2O2/c1-5-6-16(10(2)3)14(17)11-7-12(15)9-13(8-11)18-4/h5,7-10H,1,6,15H2,2-4H3. The molecule has 0 saturated carbocycles. The van der Waals surface area contributed by atoms with Crippen LogP contribution in [0, 0.1) is 0 Å². The molecule has 4 heteroatoms. The van der Waals surface area contributed by atoms with Gasteiger partial charge in [0.2, 0.25) is 0 Å². The number of nitrogen functional groups attached to an aromatic ring is 1. The number of carbonyl (C=O) groups excluding carboxylic acids is 1. The van der Waals surface area contributed by atoms with Gasteiger partial charge in [-0.1, -0.05) is 6.08 Å². The Morgan fingerprint density at radius 1 is 1.50 bits per heavy atom. The van der Waals surface area contributed by atoms with Crippen LogP contribution in [0.2, 0.25) is 0 Å². The van der Waals surface area contributed by atoms with Gasteiger partial charge in [-0.25, -0.2) is 0 Å². The van der Waals surface area contributed by atoms with Gasteiger partial charge in [0.05, 0.1) is 7.11 Å². The summed E-state index contributed by atoms with van der Waals surface area (Å²) < 4.78 is 5.12. The summed E-state index contributed by atoms with van der Waals surface area (Å²) in [4.78, 5) is 14.1. The van der Waals surface area contributed by atoms with Crippen LogP contribution >= 0.6 is 0 Å². The fourth-order valence-electron chi connectivity index (χ4n) is 1.70. The Labute approximate surface area is 108 Å². The number of benzene rings is 1. The molecule has 0 atom stereocenters. The molecular formula is C14H20N2O2. The zero-order chi connectivity index (χ0) is 13.7. The number of hydrogen-bond donors (Lipinski definition) is 1. The van der Waals surface area contributed by atoms with Crippen molar-refractivity contribution in [1.82, 2.24) is 4.90 Å². The third-order valence-electron chi connectivity index (χ3n) is 2.62. The van der Waals surface area contributed by atoms with Crippen molar-refractivity contribution in [1.29, 1.82) is 0 Å². The van der Waals surface area contributed by atoms with Crippen LogP contribution in [0.4, 0.5) is 5.69 Å². The molecule has 0 bridgehead atoms. The molecule has 1 rings (SSSR count). The maximum Gasteiger partial charge on any atom is 0.254 e. The van der Waals surface area contributed by atoms with Crippen molar-refractivity contribution in [3.8, 4) is 5.75 Å². The van der Waals surface area contributed by atoms with Crippen molar-refractivity contribution in [2.75, 3.05) is 19.4 Å². The van der Waals surface area contributed by atoms with Crippen LogP contribution in [0.1, 0.15) is 24.2 Å². The minimum absolute atomic E-state index is 0.0736. The second kappa shape index (κ2) is 6.10. The highest BCUT2D eigenvalue weighted by molar-refractivity contribution is 5.95.